The maximum atomic E-state index is 12.9. The van der Waals surface area contributed by atoms with Crippen LogP contribution in [0.25, 0.3) is 0 Å². The van der Waals surface area contributed by atoms with Gasteiger partial charge in [0.1, 0.15) is 5.75 Å². The monoisotopic (exact) mass is 499 g/mol. The highest BCUT2D eigenvalue weighted by Gasteiger charge is 2.27. The van der Waals surface area contributed by atoms with Gasteiger partial charge in [0.25, 0.3) is 0 Å². The van der Waals surface area contributed by atoms with E-state index in [1.807, 2.05) is 6.07 Å². The van der Waals surface area contributed by atoms with Crippen LogP contribution in [-0.4, -0.2) is 56.8 Å². The Morgan fingerprint density at radius 3 is 2.40 bits per heavy atom. The standard InChI is InChI=1S/C27H37N3O4S/c1-34-26-12-11-25(35(32,33)30-16-5-6-17-30)19-24(26)10-13-27(31)28-20-22-8-7-9-23(18-22)21-29-14-3-2-4-15-29/h7-9,11-12,18-19H,2-6,10,13-17,20-21H2,1H3,(H,28,31). The van der Waals surface area contributed by atoms with Gasteiger partial charge in [0.05, 0.1) is 12.0 Å². The summed E-state index contributed by atoms with van der Waals surface area (Å²) in [5, 5.41) is 3.01. The Bertz CT molecular complexity index is 1110. The van der Waals surface area contributed by atoms with Crippen LogP contribution < -0.4 is 10.1 Å². The third-order valence-electron chi connectivity index (χ3n) is 6.91. The minimum Gasteiger partial charge on any atom is -0.496 e. The molecule has 0 aromatic heterocycles. The van der Waals surface area contributed by atoms with Crippen molar-refractivity contribution < 1.29 is 17.9 Å². The highest BCUT2D eigenvalue weighted by atomic mass is 32.2. The summed E-state index contributed by atoms with van der Waals surface area (Å²) in [7, 11) is -1.95. The summed E-state index contributed by atoms with van der Waals surface area (Å²) in [6.07, 6.45) is 6.33. The topological polar surface area (TPSA) is 79.0 Å². The van der Waals surface area contributed by atoms with Gasteiger partial charge in [-0.2, -0.15) is 4.31 Å². The lowest BCUT2D eigenvalue weighted by Gasteiger charge is -2.26. The van der Waals surface area contributed by atoms with Gasteiger partial charge in [-0.15, -0.1) is 0 Å². The lowest BCUT2D eigenvalue weighted by molar-refractivity contribution is -0.121. The van der Waals surface area contributed by atoms with Gasteiger partial charge in [-0.25, -0.2) is 8.42 Å². The van der Waals surface area contributed by atoms with Crippen LogP contribution in [-0.2, 0) is 34.3 Å². The molecule has 2 saturated heterocycles. The molecule has 2 aliphatic heterocycles. The smallest absolute Gasteiger partial charge is 0.243 e. The predicted octanol–water partition coefficient (Wildman–Crippen LogP) is 3.71. The molecule has 2 aromatic rings. The van der Waals surface area contributed by atoms with Gasteiger partial charge in [0.2, 0.25) is 15.9 Å². The Hall–Kier alpha value is -2.42. The Labute approximate surface area is 209 Å². The molecule has 1 N–H and O–H groups in total. The van der Waals surface area contributed by atoms with Crippen molar-refractivity contribution in [3.63, 3.8) is 0 Å². The number of likely N-dealkylation sites (tertiary alicyclic amines) is 1. The molecule has 2 fully saturated rings. The number of sulfonamides is 1. The van der Waals surface area contributed by atoms with Crippen LogP contribution in [0.15, 0.2) is 47.4 Å². The average molecular weight is 500 g/mol. The Morgan fingerprint density at radius 2 is 1.66 bits per heavy atom. The molecule has 2 heterocycles. The molecule has 2 aromatic carbocycles. The van der Waals surface area contributed by atoms with E-state index in [1.54, 1.807) is 25.3 Å². The minimum atomic E-state index is -3.51. The number of nitrogens with one attached hydrogen (secondary N) is 1. The quantitative estimate of drug-likeness (QED) is 0.539. The van der Waals surface area contributed by atoms with E-state index in [4.69, 9.17) is 4.74 Å². The second-order valence-electron chi connectivity index (χ2n) is 9.52. The number of hydrogen-bond acceptors (Lipinski definition) is 5. The van der Waals surface area contributed by atoms with Gasteiger partial charge < -0.3 is 10.1 Å². The van der Waals surface area contributed by atoms with E-state index in [0.29, 0.717) is 31.8 Å². The molecule has 0 spiro atoms. The summed E-state index contributed by atoms with van der Waals surface area (Å²) in [6.45, 7) is 4.87. The van der Waals surface area contributed by atoms with E-state index < -0.39 is 10.0 Å². The summed E-state index contributed by atoms with van der Waals surface area (Å²) < 4.78 is 32.8. The van der Waals surface area contributed by atoms with Crippen molar-refractivity contribution in [2.45, 2.75) is 62.9 Å². The molecule has 0 atom stereocenters. The van der Waals surface area contributed by atoms with Gasteiger partial charge in [-0.05, 0) is 80.1 Å². The molecule has 0 unspecified atom stereocenters. The van der Waals surface area contributed by atoms with Gasteiger partial charge >= 0.3 is 0 Å². The van der Waals surface area contributed by atoms with E-state index in [9.17, 15) is 13.2 Å². The number of amides is 1. The zero-order chi connectivity index (χ0) is 24.7. The molecule has 4 rings (SSSR count). The van der Waals surface area contributed by atoms with Crippen LogP contribution in [0.4, 0.5) is 0 Å². The van der Waals surface area contributed by atoms with E-state index in [1.165, 1.54) is 29.1 Å². The number of benzene rings is 2. The molecule has 0 aliphatic carbocycles. The minimum absolute atomic E-state index is 0.0683. The summed E-state index contributed by atoms with van der Waals surface area (Å²) in [4.78, 5) is 15.4. The van der Waals surface area contributed by atoms with Crippen LogP contribution >= 0.6 is 0 Å². The predicted molar refractivity (Wildman–Crippen MR) is 137 cm³/mol. The molecular formula is C27H37N3O4S. The van der Waals surface area contributed by atoms with Crippen molar-refractivity contribution in [3.8, 4) is 5.75 Å². The van der Waals surface area contributed by atoms with Crippen molar-refractivity contribution >= 4 is 15.9 Å². The van der Waals surface area contributed by atoms with Crippen LogP contribution in [0.5, 0.6) is 5.75 Å². The number of ether oxygens (including phenoxy) is 1. The molecule has 1 amide bonds. The van der Waals surface area contributed by atoms with Crippen molar-refractivity contribution in [3.05, 3.63) is 59.2 Å². The molecule has 0 bridgehead atoms. The van der Waals surface area contributed by atoms with Crippen molar-refractivity contribution in [1.82, 2.24) is 14.5 Å². The zero-order valence-electron chi connectivity index (χ0n) is 20.7. The van der Waals surface area contributed by atoms with E-state index in [2.05, 4.69) is 28.4 Å². The number of piperidine rings is 1. The van der Waals surface area contributed by atoms with Crippen LogP contribution in [0.1, 0.15) is 55.2 Å². The first-order valence-corrected chi connectivity index (χ1v) is 14.1. The number of methoxy groups -OCH3 is 1. The summed E-state index contributed by atoms with van der Waals surface area (Å²) >= 11 is 0. The molecule has 35 heavy (non-hydrogen) atoms. The van der Waals surface area contributed by atoms with Crippen LogP contribution in [0.3, 0.4) is 0 Å². The fourth-order valence-corrected chi connectivity index (χ4v) is 6.51. The highest BCUT2D eigenvalue weighted by molar-refractivity contribution is 7.89. The third kappa shape index (κ3) is 6.84. The normalized spacial score (nSPS) is 17.4. The maximum Gasteiger partial charge on any atom is 0.243 e. The largest absolute Gasteiger partial charge is 0.496 e. The van der Waals surface area contributed by atoms with Gasteiger partial charge in [-0.1, -0.05) is 30.7 Å². The van der Waals surface area contributed by atoms with Crippen molar-refractivity contribution in [2.24, 2.45) is 0 Å². The van der Waals surface area contributed by atoms with Gasteiger partial charge in [-0.3, -0.25) is 9.69 Å². The van der Waals surface area contributed by atoms with E-state index >= 15 is 0 Å². The maximum absolute atomic E-state index is 12.9. The van der Waals surface area contributed by atoms with Crippen LogP contribution in [0.2, 0.25) is 0 Å². The second-order valence-corrected chi connectivity index (χ2v) is 11.5. The first-order valence-electron chi connectivity index (χ1n) is 12.7. The molecule has 8 heteroatoms. The number of rotatable bonds is 10. The molecule has 190 valence electrons. The lowest BCUT2D eigenvalue weighted by atomic mass is 10.1. The van der Waals surface area contributed by atoms with E-state index in [0.717, 1.165) is 43.6 Å². The molecule has 0 saturated carbocycles. The first-order chi connectivity index (χ1) is 17.0. The summed E-state index contributed by atoms with van der Waals surface area (Å²) in [6, 6.07) is 13.3. The number of carbonyl (C=O) groups excluding carboxylic acids is 1. The van der Waals surface area contributed by atoms with Crippen molar-refractivity contribution in [1.29, 1.82) is 0 Å². The molecule has 7 nitrogen and oxygen atoms in total. The number of carbonyl (C=O) groups is 1. The van der Waals surface area contributed by atoms with E-state index in [-0.39, 0.29) is 17.2 Å². The fourth-order valence-electron chi connectivity index (χ4n) is 4.94. The molecular weight excluding hydrogens is 462 g/mol. The van der Waals surface area contributed by atoms with Gasteiger partial charge in [0.15, 0.2) is 0 Å². The number of hydrogen-bond donors (Lipinski definition) is 1. The average Bonchev–Trinajstić information content (AvgIpc) is 3.43. The fraction of sp³-hybridized carbons (Fsp3) is 0.519. The van der Waals surface area contributed by atoms with Crippen LogP contribution in [0, 0.1) is 0 Å². The summed E-state index contributed by atoms with van der Waals surface area (Å²) in [5.41, 5.74) is 3.09. The Balaban J connectivity index is 1.32. The Kier molecular flexibility index (Phi) is 8.81. The lowest BCUT2D eigenvalue weighted by Crippen LogP contribution is -2.29. The Morgan fingerprint density at radius 1 is 0.943 bits per heavy atom. The number of nitrogens with zero attached hydrogens (tertiary/aromatic N) is 2. The third-order valence-corrected chi connectivity index (χ3v) is 8.81. The molecule has 2 aliphatic rings. The molecule has 0 radical (unpaired) electrons. The summed E-state index contributed by atoms with van der Waals surface area (Å²) in [5.74, 6) is 0.532. The zero-order valence-corrected chi connectivity index (χ0v) is 21.5. The van der Waals surface area contributed by atoms with Gasteiger partial charge in [0, 0.05) is 32.6 Å². The number of aryl methyl sites for hydroxylation is 1. The van der Waals surface area contributed by atoms with Crippen molar-refractivity contribution in [2.75, 3.05) is 33.3 Å². The second kappa shape index (κ2) is 12.0. The highest BCUT2D eigenvalue weighted by Crippen LogP contribution is 2.27. The first kappa shape index (κ1) is 25.7. The SMILES string of the molecule is COc1ccc(S(=O)(=O)N2CCCC2)cc1CCC(=O)NCc1cccc(CN2CCCCC2)c1.